The molecule has 20 heavy (non-hydrogen) atoms. The molecule has 2 aromatic heterocycles. The molecule has 0 spiro atoms. The Morgan fingerprint density at radius 3 is 2.75 bits per heavy atom. The normalized spacial score (nSPS) is 10.4. The van der Waals surface area contributed by atoms with Crippen LogP contribution in [0.2, 0.25) is 0 Å². The molecule has 2 heterocycles. The highest BCUT2D eigenvalue weighted by Gasteiger charge is 2.13. The molecule has 0 bridgehead atoms. The lowest BCUT2D eigenvalue weighted by Crippen LogP contribution is -2.12. The van der Waals surface area contributed by atoms with Crippen LogP contribution in [-0.2, 0) is 0 Å². The Morgan fingerprint density at radius 1 is 1.25 bits per heavy atom. The number of nitrogens with one attached hydrogen (secondary N) is 1. The molecule has 0 unspecified atom stereocenters. The maximum atomic E-state index is 11.9. The summed E-state index contributed by atoms with van der Waals surface area (Å²) in [4.78, 5) is 11.9. The fourth-order valence-corrected chi connectivity index (χ4v) is 2.18. The van der Waals surface area contributed by atoms with E-state index in [-0.39, 0.29) is 11.6 Å². The van der Waals surface area contributed by atoms with E-state index in [1.807, 2.05) is 24.3 Å². The van der Waals surface area contributed by atoms with Crippen molar-refractivity contribution in [1.29, 1.82) is 0 Å². The summed E-state index contributed by atoms with van der Waals surface area (Å²) >= 11 is 4.59. The smallest absolute Gasteiger partial charge is 0.279 e. The van der Waals surface area contributed by atoms with Crippen LogP contribution in [0.15, 0.2) is 40.4 Å². The van der Waals surface area contributed by atoms with Crippen molar-refractivity contribution < 1.29 is 4.79 Å². The molecule has 0 radical (unpaired) electrons. The van der Waals surface area contributed by atoms with Crippen LogP contribution in [0.3, 0.4) is 0 Å². The number of anilines is 1. The lowest BCUT2D eigenvalue weighted by atomic mass is 10.3. The highest BCUT2D eigenvalue weighted by Crippen LogP contribution is 2.14. The Morgan fingerprint density at radius 2 is 2.05 bits per heavy atom. The highest BCUT2D eigenvalue weighted by atomic mass is 79.9. The molecule has 0 saturated carbocycles. The van der Waals surface area contributed by atoms with E-state index in [1.165, 1.54) is 21.5 Å². The average Bonchev–Trinajstić information content (AvgIpc) is 3.10. The number of aromatic nitrogens is 5. The molecular weight excluding hydrogens is 344 g/mol. The largest absolute Gasteiger partial charge is 0.295 e. The maximum absolute atomic E-state index is 11.9. The number of halogens is 1. The number of carbonyl (C=O) groups is 1. The van der Waals surface area contributed by atoms with E-state index in [9.17, 15) is 4.79 Å². The van der Waals surface area contributed by atoms with Gasteiger partial charge in [-0.2, -0.15) is 0 Å². The van der Waals surface area contributed by atoms with Gasteiger partial charge in [0.2, 0.25) is 5.13 Å². The van der Waals surface area contributed by atoms with E-state index in [0.717, 1.165) is 10.2 Å². The van der Waals surface area contributed by atoms with Gasteiger partial charge in [-0.15, -0.1) is 15.3 Å². The molecule has 9 heteroatoms. The Bertz CT molecular complexity index is 724. The van der Waals surface area contributed by atoms with E-state index in [4.69, 9.17) is 0 Å². The van der Waals surface area contributed by atoms with Gasteiger partial charge in [-0.3, -0.25) is 10.1 Å². The van der Waals surface area contributed by atoms with E-state index >= 15 is 0 Å². The zero-order valence-corrected chi connectivity index (χ0v) is 12.3. The van der Waals surface area contributed by atoms with E-state index in [1.54, 1.807) is 6.20 Å². The molecule has 0 atom stereocenters. The van der Waals surface area contributed by atoms with Crippen LogP contribution < -0.4 is 5.32 Å². The van der Waals surface area contributed by atoms with Crippen molar-refractivity contribution in [3.05, 3.63) is 46.1 Å². The molecular formula is C11H7BrN6OS. The molecule has 0 aliphatic carbocycles. The minimum Gasteiger partial charge on any atom is -0.295 e. The summed E-state index contributed by atoms with van der Waals surface area (Å²) in [5.74, 6) is -0.370. The number of hydrogen-bond donors (Lipinski definition) is 1. The van der Waals surface area contributed by atoms with Crippen molar-refractivity contribution in [3.8, 4) is 5.69 Å². The van der Waals surface area contributed by atoms with Crippen LogP contribution >= 0.6 is 27.3 Å². The summed E-state index contributed by atoms with van der Waals surface area (Å²) < 4.78 is 2.50. The van der Waals surface area contributed by atoms with E-state index in [0.29, 0.717) is 5.13 Å². The molecule has 0 saturated heterocycles. The molecule has 1 N–H and O–H groups in total. The number of hydrogen-bond acceptors (Lipinski definition) is 6. The lowest BCUT2D eigenvalue weighted by molar-refractivity contribution is 0.102. The van der Waals surface area contributed by atoms with Crippen LogP contribution in [-0.4, -0.2) is 31.1 Å². The molecule has 7 nitrogen and oxygen atoms in total. The van der Waals surface area contributed by atoms with Crippen molar-refractivity contribution in [2.45, 2.75) is 0 Å². The zero-order valence-electron chi connectivity index (χ0n) is 9.89. The first-order chi connectivity index (χ1) is 9.72. The summed E-state index contributed by atoms with van der Waals surface area (Å²) in [5.41, 5.74) is 2.56. The van der Waals surface area contributed by atoms with Gasteiger partial charge in [-0.25, -0.2) is 4.68 Å². The van der Waals surface area contributed by atoms with Crippen LogP contribution in [0, 0.1) is 0 Å². The number of amides is 1. The number of carbonyl (C=O) groups excluding carboxylic acids is 1. The predicted molar refractivity (Wildman–Crippen MR) is 76.9 cm³/mol. The van der Waals surface area contributed by atoms with Crippen LogP contribution in [0.5, 0.6) is 0 Å². The van der Waals surface area contributed by atoms with Crippen LogP contribution in [0.1, 0.15) is 10.5 Å². The second-order valence-electron chi connectivity index (χ2n) is 3.72. The molecule has 1 amide bonds. The summed E-state index contributed by atoms with van der Waals surface area (Å²) in [6.45, 7) is 0. The predicted octanol–water partition coefficient (Wildman–Crippen LogP) is 2.13. The fourth-order valence-electron chi connectivity index (χ4n) is 1.48. The summed E-state index contributed by atoms with van der Waals surface area (Å²) in [6, 6.07) is 7.51. The van der Waals surface area contributed by atoms with Crippen molar-refractivity contribution in [2.24, 2.45) is 0 Å². The third-order valence-electron chi connectivity index (χ3n) is 2.40. The molecule has 0 fully saturated rings. The molecule has 0 aliphatic rings. The zero-order chi connectivity index (χ0) is 13.9. The van der Waals surface area contributed by atoms with Crippen molar-refractivity contribution in [1.82, 2.24) is 25.2 Å². The second-order valence-corrected chi connectivity index (χ2v) is 5.47. The number of benzene rings is 1. The summed E-state index contributed by atoms with van der Waals surface area (Å²) in [5, 5.41) is 18.2. The quantitative estimate of drug-likeness (QED) is 0.781. The SMILES string of the molecule is O=C(Nc1nncs1)c1cn(-c2ccc(Br)cc2)nn1. The van der Waals surface area contributed by atoms with Crippen LogP contribution in [0.25, 0.3) is 5.69 Å². The summed E-state index contributed by atoms with van der Waals surface area (Å²) in [7, 11) is 0. The number of nitrogens with zero attached hydrogens (tertiary/aromatic N) is 5. The number of rotatable bonds is 3. The molecule has 1 aromatic carbocycles. The highest BCUT2D eigenvalue weighted by molar-refractivity contribution is 9.10. The molecule has 100 valence electrons. The van der Waals surface area contributed by atoms with Gasteiger partial charge in [0.05, 0.1) is 11.9 Å². The van der Waals surface area contributed by atoms with E-state index < -0.39 is 0 Å². The second kappa shape index (κ2) is 5.47. The monoisotopic (exact) mass is 350 g/mol. The maximum Gasteiger partial charge on any atom is 0.279 e. The first-order valence-electron chi connectivity index (χ1n) is 5.48. The van der Waals surface area contributed by atoms with Gasteiger partial charge < -0.3 is 0 Å². The molecule has 3 aromatic rings. The Kier molecular flexibility index (Phi) is 3.52. The Balaban J connectivity index is 1.79. The van der Waals surface area contributed by atoms with Gasteiger partial charge in [-0.05, 0) is 24.3 Å². The Hall–Kier alpha value is -2.13. The minimum absolute atomic E-state index is 0.211. The van der Waals surface area contributed by atoms with E-state index in [2.05, 4.69) is 41.8 Å². The lowest BCUT2D eigenvalue weighted by Gasteiger charge is -1.99. The van der Waals surface area contributed by atoms with Gasteiger partial charge in [-0.1, -0.05) is 32.5 Å². The first kappa shape index (κ1) is 12.9. The third-order valence-corrected chi connectivity index (χ3v) is 3.53. The minimum atomic E-state index is -0.370. The van der Waals surface area contributed by atoms with Crippen molar-refractivity contribution in [3.63, 3.8) is 0 Å². The first-order valence-corrected chi connectivity index (χ1v) is 7.15. The Labute approximate surface area is 125 Å². The average molecular weight is 351 g/mol. The fraction of sp³-hybridized carbons (Fsp3) is 0. The standard InChI is InChI=1S/C11H7BrN6OS/c12-7-1-3-8(4-2-7)18-5-9(15-17-18)10(19)14-11-16-13-6-20-11/h1-6H,(H,14,16,19). The van der Waals surface area contributed by atoms with Gasteiger partial charge in [0, 0.05) is 4.47 Å². The van der Waals surface area contributed by atoms with Gasteiger partial charge in [0.15, 0.2) is 5.69 Å². The molecule has 3 rings (SSSR count). The third kappa shape index (κ3) is 2.73. The molecule has 0 aliphatic heterocycles. The van der Waals surface area contributed by atoms with Gasteiger partial charge in [0.1, 0.15) is 5.51 Å². The topological polar surface area (TPSA) is 85.6 Å². The van der Waals surface area contributed by atoms with Gasteiger partial charge in [0.25, 0.3) is 5.91 Å². The van der Waals surface area contributed by atoms with Gasteiger partial charge >= 0.3 is 0 Å². The van der Waals surface area contributed by atoms with Crippen molar-refractivity contribution in [2.75, 3.05) is 5.32 Å². The summed E-state index contributed by atoms with van der Waals surface area (Å²) in [6.07, 6.45) is 1.56. The van der Waals surface area contributed by atoms with Crippen LogP contribution in [0.4, 0.5) is 5.13 Å². The van der Waals surface area contributed by atoms with Crippen molar-refractivity contribution >= 4 is 38.3 Å².